The molecule has 0 amide bonds. The highest BCUT2D eigenvalue weighted by Crippen LogP contribution is 2.46. The normalized spacial score (nSPS) is 14.3. The second kappa shape index (κ2) is 5.50. The molecule has 0 aliphatic heterocycles. The summed E-state index contributed by atoms with van der Waals surface area (Å²) in [5.41, 5.74) is 1.03. The molecular weight excluding hydrogens is 354 g/mol. The van der Waals surface area contributed by atoms with E-state index >= 15 is 0 Å². The SMILES string of the molecule is O=C(c1cc(Cl)c(O)c(Cl)c1)c1c(C2CC2)oc2ccc(F)cc12. The van der Waals surface area contributed by atoms with E-state index in [1.165, 1.54) is 30.3 Å². The highest BCUT2D eigenvalue weighted by molar-refractivity contribution is 6.38. The van der Waals surface area contributed by atoms with Gasteiger partial charge in [0.1, 0.15) is 17.2 Å². The number of furan rings is 1. The van der Waals surface area contributed by atoms with Crippen LogP contribution in [0.2, 0.25) is 10.0 Å². The fraction of sp³-hybridized carbons (Fsp3) is 0.167. The molecule has 0 unspecified atom stereocenters. The van der Waals surface area contributed by atoms with Crippen molar-refractivity contribution >= 4 is 40.0 Å². The number of phenolic OH excluding ortho intramolecular Hbond substituents is 1. The van der Waals surface area contributed by atoms with Crippen LogP contribution >= 0.6 is 23.2 Å². The van der Waals surface area contributed by atoms with Crippen LogP contribution in [-0.2, 0) is 0 Å². The number of carbonyl (C=O) groups excluding carboxylic acids is 1. The zero-order valence-electron chi connectivity index (χ0n) is 12.3. The predicted octanol–water partition coefficient (Wildman–Crippen LogP) is 5.69. The lowest BCUT2D eigenvalue weighted by Gasteiger charge is -2.06. The minimum Gasteiger partial charge on any atom is -0.505 e. The lowest BCUT2D eigenvalue weighted by molar-refractivity contribution is 0.103. The van der Waals surface area contributed by atoms with Gasteiger partial charge in [-0.25, -0.2) is 4.39 Å². The van der Waals surface area contributed by atoms with Gasteiger partial charge >= 0.3 is 0 Å². The number of hydrogen-bond donors (Lipinski definition) is 1. The summed E-state index contributed by atoms with van der Waals surface area (Å²) in [6.45, 7) is 0. The summed E-state index contributed by atoms with van der Waals surface area (Å²) >= 11 is 11.8. The Morgan fingerprint density at radius 1 is 1.17 bits per heavy atom. The van der Waals surface area contributed by atoms with Crippen molar-refractivity contribution in [3.05, 3.63) is 63.1 Å². The molecule has 122 valence electrons. The van der Waals surface area contributed by atoms with Crippen LogP contribution in [0, 0.1) is 5.82 Å². The first-order chi connectivity index (χ1) is 11.5. The number of carbonyl (C=O) groups is 1. The average molecular weight is 365 g/mol. The van der Waals surface area contributed by atoms with Crippen molar-refractivity contribution in [2.45, 2.75) is 18.8 Å². The number of rotatable bonds is 3. The van der Waals surface area contributed by atoms with E-state index in [1.807, 2.05) is 0 Å². The molecule has 3 nitrogen and oxygen atoms in total. The molecule has 1 aliphatic carbocycles. The van der Waals surface area contributed by atoms with E-state index in [-0.39, 0.29) is 33.1 Å². The molecule has 0 radical (unpaired) electrons. The van der Waals surface area contributed by atoms with Crippen molar-refractivity contribution in [2.75, 3.05) is 0 Å². The highest BCUT2D eigenvalue weighted by Gasteiger charge is 2.34. The van der Waals surface area contributed by atoms with Gasteiger partial charge in [-0.3, -0.25) is 4.79 Å². The van der Waals surface area contributed by atoms with Crippen LogP contribution in [0.25, 0.3) is 11.0 Å². The lowest BCUT2D eigenvalue weighted by Crippen LogP contribution is -2.04. The summed E-state index contributed by atoms with van der Waals surface area (Å²) in [5.74, 6) is -0.338. The van der Waals surface area contributed by atoms with E-state index < -0.39 is 5.82 Å². The first-order valence-corrected chi connectivity index (χ1v) is 8.16. The zero-order valence-corrected chi connectivity index (χ0v) is 13.8. The highest BCUT2D eigenvalue weighted by atomic mass is 35.5. The summed E-state index contributed by atoms with van der Waals surface area (Å²) in [6.07, 6.45) is 1.86. The Morgan fingerprint density at radius 3 is 2.46 bits per heavy atom. The molecule has 6 heteroatoms. The molecule has 1 fully saturated rings. The van der Waals surface area contributed by atoms with E-state index in [0.29, 0.717) is 22.3 Å². The van der Waals surface area contributed by atoms with Gasteiger partial charge in [-0.15, -0.1) is 0 Å². The van der Waals surface area contributed by atoms with Gasteiger partial charge in [0, 0.05) is 16.9 Å². The van der Waals surface area contributed by atoms with Crippen LogP contribution in [0.3, 0.4) is 0 Å². The number of fused-ring (bicyclic) bond motifs is 1. The van der Waals surface area contributed by atoms with Crippen molar-refractivity contribution in [3.8, 4) is 5.75 Å². The number of phenols is 1. The molecule has 3 aromatic rings. The molecule has 0 saturated heterocycles. The van der Waals surface area contributed by atoms with Gasteiger partial charge in [-0.1, -0.05) is 23.2 Å². The van der Waals surface area contributed by atoms with Crippen LogP contribution in [0.15, 0.2) is 34.7 Å². The minimum absolute atomic E-state index is 0.0159. The van der Waals surface area contributed by atoms with Crippen LogP contribution in [0.4, 0.5) is 4.39 Å². The number of ketones is 1. The number of hydrogen-bond acceptors (Lipinski definition) is 3. The summed E-state index contributed by atoms with van der Waals surface area (Å²) < 4.78 is 19.5. The predicted molar refractivity (Wildman–Crippen MR) is 89.7 cm³/mol. The monoisotopic (exact) mass is 364 g/mol. The summed E-state index contributed by atoms with van der Waals surface area (Å²) in [7, 11) is 0. The van der Waals surface area contributed by atoms with E-state index in [1.54, 1.807) is 0 Å². The molecule has 1 N–H and O–H groups in total. The van der Waals surface area contributed by atoms with Gasteiger partial charge in [0.2, 0.25) is 0 Å². The number of benzene rings is 2. The molecule has 1 aromatic heterocycles. The third-order valence-electron chi connectivity index (χ3n) is 4.13. The first kappa shape index (κ1) is 15.5. The third-order valence-corrected chi connectivity index (χ3v) is 4.71. The molecule has 1 heterocycles. The topological polar surface area (TPSA) is 50.4 Å². The van der Waals surface area contributed by atoms with Gasteiger partial charge in [0.25, 0.3) is 0 Å². The van der Waals surface area contributed by atoms with Gasteiger partial charge in [-0.05, 0) is 43.2 Å². The molecule has 2 aromatic carbocycles. The Labute approximate surface area is 146 Å². The van der Waals surface area contributed by atoms with Crippen molar-refractivity contribution in [3.63, 3.8) is 0 Å². The van der Waals surface area contributed by atoms with Crippen LogP contribution < -0.4 is 0 Å². The Balaban J connectivity index is 1.93. The van der Waals surface area contributed by atoms with E-state index in [4.69, 9.17) is 27.6 Å². The van der Waals surface area contributed by atoms with Crippen LogP contribution in [0.5, 0.6) is 5.75 Å². The van der Waals surface area contributed by atoms with Gasteiger partial charge in [0.15, 0.2) is 11.5 Å². The Morgan fingerprint density at radius 2 is 1.83 bits per heavy atom. The van der Waals surface area contributed by atoms with E-state index in [0.717, 1.165) is 12.8 Å². The number of aromatic hydroxyl groups is 1. The standard InChI is InChI=1S/C18H11Cl2FO3/c19-12-5-9(6-13(20)17(12)23)16(22)15-11-7-10(21)3-4-14(11)24-18(15)8-1-2-8/h3-8,23H,1-2H2. The van der Waals surface area contributed by atoms with Crippen molar-refractivity contribution in [1.29, 1.82) is 0 Å². The molecule has 0 atom stereocenters. The van der Waals surface area contributed by atoms with E-state index in [2.05, 4.69) is 0 Å². The second-order valence-corrected chi connectivity index (χ2v) is 6.69. The van der Waals surface area contributed by atoms with Gasteiger partial charge in [0.05, 0.1) is 15.6 Å². The molecular formula is C18H11Cl2FO3. The Hall–Kier alpha value is -2.04. The van der Waals surface area contributed by atoms with Crippen molar-refractivity contribution in [2.24, 2.45) is 0 Å². The lowest BCUT2D eigenvalue weighted by atomic mass is 9.98. The average Bonchev–Trinajstić information content (AvgIpc) is 3.32. The summed E-state index contributed by atoms with van der Waals surface area (Å²) in [6, 6.07) is 6.80. The zero-order chi connectivity index (χ0) is 17.0. The van der Waals surface area contributed by atoms with Crippen LogP contribution in [0.1, 0.15) is 40.4 Å². The van der Waals surface area contributed by atoms with Gasteiger partial charge < -0.3 is 9.52 Å². The molecule has 24 heavy (non-hydrogen) atoms. The van der Waals surface area contributed by atoms with Crippen LogP contribution in [-0.4, -0.2) is 10.9 Å². The van der Waals surface area contributed by atoms with Gasteiger partial charge in [-0.2, -0.15) is 0 Å². The first-order valence-electron chi connectivity index (χ1n) is 7.40. The Bertz CT molecular complexity index is 966. The van der Waals surface area contributed by atoms with Crippen molar-refractivity contribution < 1.29 is 18.7 Å². The molecule has 1 saturated carbocycles. The molecule has 0 bridgehead atoms. The van der Waals surface area contributed by atoms with E-state index in [9.17, 15) is 14.3 Å². The Kier molecular flexibility index (Phi) is 3.55. The molecule has 1 aliphatic rings. The fourth-order valence-corrected chi connectivity index (χ4v) is 3.28. The second-order valence-electron chi connectivity index (χ2n) is 5.87. The minimum atomic E-state index is -0.443. The molecule has 4 rings (SSSR count). The summed E-state index contributed by atoms with van der Waals surface area (Å²) in [5, 5.41) is 10.1. The third kappa shape index (κ3) is 2.46. The molecule has 0 spiro atoms. The quantitative estimate of drug-likeness (QED) is 0.607. The summed E-state index contributed by atoms with van der Waals surface area (Å²) in [4.78, 5) is 13.0. The largest absolute Gasteiger partial charge is 0.505 e. The maximum atomic E-state index is 13.7. The fourth-order valence-electron chi connectivity index (χ4n) is 2.80. The maximum Gasteiger partial charge on any atom is 0.197 e. The number of halogens is 3. The maximum absolute atomic E-state index is 13.7. The van der Waals surface area contributed by atoms with Crippen molar-refractivity contribution in [1.82, 2.24) is 0 Å². The smallest absolute Gasteiger partial charge is 0.197 e.